The number of fused-ring (bicyclic) bond motifs is 4. The maximum atomic E-state index is 14.0. The van der Waals surface area contributed by atoms with Crippen molar-refractivity contribution < 1.29 is 18.0 Å². The molecule has 4 aromatic rings. The van der Waals surface area contributed by atoms with Crippen molar-refractivity contribution in [3.05, 3.63) is 77.5 Å². The molecule has 8 nitrogen and oxygen atoms in total. The number of hydrogen-bond donors (Lipinski definition) is 0. The largest absolute Gasteiger partial charge is 0.327 e. The van der Waals surface area contributed by atoms with Crippen molar-refractivity contribution in [2.75, 3.05) is 0 Å². The third-order valence-electron chi connectivity index (χ3n) is 6.86. The van der Waals surface area contributed by atoms with E-state index >= 15 is 0 Å². The van der Waals surface area contributed by atoms with Crippen molar-refractivity contribution in [2.24, 2.45) is 7.05 Å². The molecule has 0 N–H and O–H groups in total. The van der Waals surface area contributed by atoms with Crippen LogP contribution in [0.1, 0.15) is 46.9 Å². The van der Waals surface area contributed by atoms with Gasteiger partial charge in [0, 0.05) is 30.4 Å². The summed E-state index contributed by atoms with van der Waals surface area (Å²) in [7, 11) is 1.69. The number of nitrogens with zero attached hydrogens (tertiary/aromatic N) is 7. The van der Waals surface area contributed by atoms with E-state index in [9.17, 15) is 18.0 Å². The molecule has 0 spiro atoms. The SMILES string of the molecule is Cn1nc2c(c1-c1cc(F)c(F)c(F)c1)C[C@@H]1CCC[C@H]2N1C(=O)c1cncc(-n2cnnc2)c1. The Morgan fingerprint density at radius 1 is 1.03 bits per heavy atom. The van der Waals surface area contributed by atoms with E-state index in [0.717, 1.165) is 37.0 Å². The van der Waals surface area contributed by atoms with Gasteiger partial charge < -0.3 is 4.90 Å². The molecule has 6 rings (SSSR count). The maximum absolute atomic E-state index is 14.0. The minimum Gasteiger partial charge on any atom is -0.327 e. The standard InChI is InChI=1S/C24H20F3N7O/c1-32-23(13-6-18(25)21(27)19(26)7-13)17-8-15-3-2-4-20(22(17)31-32)34(15)24(35)14-5-16(10-28-9-14)33-11-29-30-12-33/h5-7,9-12,15,20H,2-4,8H2,1H3/t15-,20+/m0/s1. The first kappa shape index (κ1) is 21.5. The molecule has 0 aliphatic carbocycles. The Balaban J connectivity index is 1.40. The van der Waals surface area contributed by atoms with Crippen LogP contribution in [0.15, 0.2) is 43.2 Å². The summed E-state index contributed by atoms with van der Waals surface area (Å²) < 4.78 is 44.8. The van der Waals surface area contributed by atoms with Gasteiger partial charge in [0.05, 0.1) is 34.9 Å². The normalized spacial score (nSPS) is 19.0. The summed E-state index contributed by atoms with van der Waals surface area (Å²) in [5, 5.41) is 12.3. The van der Waals surface area contributed by atoms with Gasteiger partial charge in [-0.3, -0.25) is 19.0 Å². The van der Waals surface area contributed by atoms with Crippen LogP contribution in [0.25, 0.3) is 16.9 Å². The lowest BCUT2D eigenvalue weighted by molar-refractivity contribution is 0.0391. The first-order valence-electron chi connectivity index (χ1n) is 11.3. The number of rotatable bonds is 3. The Hall–Kier alpha value is -4.02. The van der Waals surface area contributed by atoms with E-state index in [4.69, 9.17) is 0 Å². The van der Waals surface area contributed by atoms with Gasteiger partial charge in [0.25, 0.3) is 5.91 Å². The van der Waals surface area contributed by atoms with E-state index in [0.29, 0.717) is 29.1 Å². The van der Waals surface area contributed by atoms with Crippen LogP contribution in [0.2, 0.25) is 0 Å². The van der Waals surface area contributed by atoms with Crippen molar-refractivity contribution in [1.82, 2.24) is 34.4 Å². The number of carbonyl (C=O) groups excluding carboxylic acids is 1. The minimum atomic E-state index is -1.50. The van der Waals surface area contributed by atoms with Gasteiger partial charge in [-0.25, -0.2) is 13.2 Å². The summed E-state index contributed by atoms with van der Waals surface area (Å²) in [5.41, 5.74) is 3.42. The molecule has 2 aliphatic heterocycles. The van der Waals surface area contributed by atoms with Gasteiger partial charge >= 0.3 is 0 Å². The fraction of sp³-hybridized carbons (Fsp3) is 0.292. The number of halogens is 3. The molecule has 2 aliphatic rings. The van der Waals surface area contributed by atoms with Gasteiger partial charge in [0.15, 0.2) is 17.5 Å². The minimum absolute atomic E-state index is 0.106. The topological polar surface area (TPSA) is 81.7 Å². The lowest BCUT2D eigenvalue weighted by Crippen LogP contribution is -2.49. The molecule has 3 aromatic heterocycles. The van der Waals surface area contributed by atoms with Gasteiger partial charge in [0.2, 0.25) is 0 Å². The van der Waals surface area contributed by atoms with E-state index < -0.39 is 17.5 Å². The molecule has 1 aromatic carbocycles. The highest BCUT2D eigenvalue weighted by Crippen LogP contribution is 2.45. The van der Waals surface area contributed by atoms with E-state index in [1.54, 1.807) is 28.6 Å². The number of pyridine rings is 1. The monoisotopic (exact) mass is 479 g/mol. The maximum Gasteiger partial charge on any atom is 0.256 e. The Bertz CT molecular complexity index is 1430. The third kappa shape index (κ3) is 3.41. The zero-order valence-electron chi connectivity index (χ0n) is 18.7. The molecule has 2 bridgehead atoms. The molecule has 35 heavy (non-hydrogen) atoms. The number of amides is 1. The van der Waals surface area contributed by atoms with E-state index in [1.165, 1.54) is 18.9 Å². The van der Waals surface area contributed by atoms with Crippen molar-refractivity contribution in [1.29, 1.82) is 0 Å². The average Bonchev–Trinajstić information content (AvgIpc) is 3.50. The molecule has 11 heteroatoms. The lowest BCUT2D eigenvalue weighted by Gasteiger charge is -2.45. The fourth-order valence-corrected chi connectivity index (χ4v) is 5.37. The van der Waals surface area contributed by atoms with Gasteiger partial charge in [0.1, 0.15) is 12.7 Å². The van der Waals surface area contributed by atoms with Gasteiger partial charge in [-0.05, 0) is 43.9 Å². The number of benzene rings is 1. The smallest absolute Gasteiger partial charge is 0.256 e. The molecule has 1 saturated heterocycles. The summed E-state index contributed by atoms with van der Waals surface area (Å²) in [6, 6.07) is 3.35. The predicted octanol–water partition coefficient (Wildman–Crippen LogP) is 3.77. The molecule has 1 amide bonds. The Labute approximate surface area is 198 Å². The van der Waals surface area contributed by atoms with Crippen LogP contribution in [0, 0.1) is 17.5 Å². The average molecular weight is 479 g/mol. The highest BCUT2D eigenvalue weighted by atomic mass is 19.2. The molecular weight excluding hydrogens is 459 g/mol. The van der Waals surface area contributed by atoms with Gasteiger partial charge in [-0.2, -0.15) is 5.10 Å². The summed E-state index contributed by atoms with van der Waals surface area (Å²) in [6.45, 7) is 0. The van der Waals surface area contributed by atoms with E-state index in [1.807, 2.05) is 4.90 Å². The molecule has 1 fully saturated rings. The van der Waals surface area contributed by atoms with Crippen molar-refractivity contribution in [2.45, 2.75) is 37.8 Å². The Morgan fingerprint density at radius 3 is 2.51 bits per heavy atom. The molecule has 0 saturated carbocycles. The fourth-order valence-electron chi connectivity index (χ4n) is 5.37. The van der Waals surface area contributed by atoms with Gasteiger partial charge in [-0.1, -0.05) is 0 Å². The van der Waals surface area contributed by atoms with Crippen LogP contribution < -0.4 is 0 Å². The van der Waals surface area contributed by atoms with E-state index in [2.05, 4.69) is 20.3 Å². The lowest BCUT2D eigenvalue weighted by atomic mass is 9.81. The molecule has 0 unspecified atom stereocenters. The summed E-state index contributed by atoms with van der Waals surface area (Å²) in [6.07, 6.45) is 9.16. The number of piperidine rings is 1. The van der Waals surface area contributed by atoms with Crippen LogP contribution in [0.5, 0.6) is 0 Å². The van der Waals surface area contributed by atoms with E-state index in [-0.39, 0.29) is 23.6 Å². The third-order valence-corrected chi connectivity index (χ3v) is 6.86. The van der Waals surface area contributed by atoms with Crippen LogP contribution >= 0.6 is 0 Å². The second kappa shape index (κ2) is 8.03. The van der Waals surface area contributed by atoms with Crippen molar-refractivity contribution >= 4 is 5.91 Å². The zero-order chi connectivity index (χ0) is 24.3. The number of aromatic nitrogens is 6. The summed E-state index contributed by atoms with van der Waals surface area (Å²) in [4.78, 5) is 19.8. The second-order valence-electron chi connectivity index (χ2n) is 8.91. The number of hydrogen-bond acceptors (Lipinski definition) is 5. The first-order valence-corrected chi connectivity index (χ1v) is 11.3. The van der Waals surface area contributed by atoms with Crippen LogP contribution in [-0.2, 0) is 13.5 Å². The molecule has 178 valence electrons. The number of aryl methyl sites for hydroxylation is 1. The Kier molecular flexibility index (Phi) is 4.94. The van der Waals surface area contributed by atoms with Gasteiger partial charge in [-0.15, -0.1) is 10.2 Å². The quantitative estimate of drug-likeness (QED) is 0.418. The number of carbonyl (C=O) groups is 1. The summed E-state index contributed by atoms with van der Waals surface area (Å²) in [5.74, 6) is -4.15. The van der Waals surface area contributed by atoms with Crippen LogP contribution in [0.4, 0.5) is 13.2 Å². The van der Waals surface area contributed by atoms with Crippen molar-refractivity contribution in [3.63, 3.8) is 0 Å². The highest BCUT2D eigenvalue weighted by molar-refractivity contribution is 5.95. The highest BCUT2D eigenvalue weighted by Gasteiger charge is 2.43. The van der Waals surface area contributed by atoms with Crippen LogP contribution in [-0.4, -0.2) is 46.4 Å². The second-order valence-corrected chi connectivity index (χ2v) is 8.91. The van der Waals surface area contributed by atoms with Crippen molar-refractivity contribution in [3.8, 4) is 16.9 Å². The zero-order valence-corrected chi connectivity index (χ0v) is 18.7. The predicted molar refractivity (Wildman–Crippen MR) is 118 cm³/mol. The summed E-state index contributed by atoms with van der Waals surface area (Å²) >= 11 is 0. The Morgan fingerprint density at radius 2 is 1.77 bits per heavy atom. The molecule has 0 radical (unpaired) electrons. The van der Waals surface area contributed by atoms with Crippen LogP contribution in [0.3, 0.4) is 0 Å². The first-order chi connectivity index (χ1) is 16.9. The molecular formula is C24H20F3N7O. The molecule has 2 atom stereocenters. The molecule has 5 heterocycles.